The summed E-state index contributed by atoms with van der Waals surface area (Å²) >= 11 is 0. The van der Waals surface area contributed by atoms with Crippen LogP contribution in [0.25, 0.3) is 0 Å². The number of hydrogen-bond donors (Lipinski definition) is 7. The molecule has 0 bridgehead atoms. The van der Waals surface area contributed by atoms with Crippen LogP contribution in [0.3, 0.4) is 0 Å². The molecule has 0 aromatic heterocycles. The normalized spacial score (nSPS) is 40.2. The maximum Gasteiger partial charge on any atom is 0.229 e. The van der Waals surface area contributed by atoms with E-state index >= 15 is 0 Å². The Labute approximate surface area is 270 Å². The predicted molar refractivity (Wildman–Crippen MR) is 158 cm³/mol. The minimum Gasteiger partial charge on any atom is -0.504 e. The molecule has 15 heteroatoms. The van der Waals surface area contributed by atoms with E-state index in [2.05, 4.69) is 0 Å². The second-order valence-electron chi connectivity index (χ2n) is 12.3. The van der Waals surface area contributed by atoms with Crippen molar-refractivity contribution in [1.29, 1.82) is 0 Å². The van der Waals surface area contributed by atoms with Gasteiger partial charge in [0.15, 0.2) is 29.3 Å². The molecule has 15 nitrogen and oxygen atoms in total. The second-order valence-corrected chi connectivity index (χ2v) is 12.3. The van der Waals surface area contributed by atoms with Crippen LogP contribution >= 0.6 is 0 Å². The Hall–Kier alpha value is -2.80. The summed E-state index contributed by atoms with van der Waals surface area (Å²) in [5.41, 5.74) is 1.70. The molecule has 2 aromatic carbocycles. The van der Waals surface area contributed by atoms with Crippen LogP contribution in [-0.4, -0.2) is 131 Å². The standard InChI is InChI=1S/C32H42O15/c1-13-23(34)25(36)27(38)31(45-13)44-12-22-24(35)26(37)28(39)32(47-22)46-19-7-5-15(9-21(19)41-3)30-17-11-42-29(16(17)10-43-30)14-4-6-18(33)20(8-14)40-2/h4-9,13,16-17,22-39H,10-12H2,1-3H3/t13-,16+,17-,22+,23+,24-,25-,26+,27-,28-,29-,30-,31-,32-/m1/s1. The number of aromatic hydroxyl groups is 1. The van der Waals surface area contributed by atoms with Crippen molar-refractivity contribution in [3.63, 3.8) is 0 Å². The third-order valence-corrected chi connectivity index (χ3v) is 9.46. The van der Waals surface area contributed by atoms with Crippen molar-refractivity contribution >= 4 is 0 Å². The maximum absolute atomic E-state index is 10.7. The summed E-state index contributed by atoms with van der Waals surface area (Å²) in [6.45, 7) is 1.99. The van der Waals surface area contributed by atoms with Gasteiger partial charge in [0.1, 0.15) is 42.7 Å². The number of hydrogen-bond acceptors (Lipinski definition) is 15. The first kappa shape index (κ1) is 34.1. The highest BCUT2D eigenvalue weighted by molar-refractivity contribution is 5.45. The minimum atomic E-state index is -1.68. The first-order chi connectivity index (χ1) is 22.5. The van der Waals surface area contributed by atoms with Gasteiger partial charge in [-0.1, -0.05) is 12.1 Å². The van der Waals surface area contributed by atoms with Gasteiger partial charge in [-0.25, -0.2) is 0 Å². The fraction of sp³-hybridized carbons (Fsp3) is 0.625. The molecule has 0 saturated carbocycles. The molecule has 6 rings (SSSR count). The first-order valence-corrected chi connectivity index (χ1v) is 15.5. The first-order valence-electron chi connectivity index (χ1n) is 15.5. The molecule has 0 unspecified atom stereocenters. The summed E-state index contributed by atoms with van der Waals surface area (Å²) in [7, 11) is 2.94. The topological polar surface area (TPSA) is 215 Å². The van der Waals surface area contributed by atoms with E-state index in [-0.39, 0.29) is 35.5 Å². The third kappa shape index (κ3) is 6.50. The summed E-state index contributed by atoms with van der Waals surface area (Å²) in [5, 5.41) is 72.0. The van der Waals surface area contributed by atoms with E-state index in [1.807, 2.05) is 6.07 Å². The monoisotopic (exact) mass is 666 g/mol. The van der Waals surface area contributed by atoms with Crippen molar-refractivity contribution in [2.75, 3.05) is 34.0 Å². The zero-order valence-electron chi connectivity index (χ0n) is 26.1. The van der Waals surface area contributed by atoms with Crippen LogP contribution in [0.4, 0.5) is 0 Å². The molecule has 4 saturated heterocycles. The highest BCUT2D eigenvalue weighted by atomic mass is 16.7. The molecule has 260 valence electrons. The Balaban J connectivity index is 1.12. The molecule has 4 aliphatic rings. The maximum atomic E-state index is 10.7. The van der Waals surface area contributed by atoms with Crippen LogP contribution in [-0.2, 0) is 23.7 Å². The SMILES string of the molecule is COc1cc([C@H]2OC[C@@H]3[C@@H]2CO[C@@H]3c2ccc(O[C@@H]3O[C@@H](CO[C@@H]4O[C@H](C)[C@H](O)[C@@H](O)[C@H]4O)[C@@H](O)[C@H](O)[C@H]3O)c(OC)c2)ccc1O. The van der Waals surface area contributed by atoms with Crippen LogP contribution < -0.4 is 14.2 Å². The zero-order chi connectivity index (χ0) is 33.6. The minimum absolute atomic E-state index is 0.0381. The van der Waals surface area contributed by atoms with E-state index in [4.69, 9.17) is 37.9 Å². The molecule has 0 aliphatic carbocycles. The van der Waals surface area contributed by atoms with Crippen molar-refractivity contribution in [1.82, 2.24) is 0 Å². The van der Waals surface area contributed by atoms with Gasteiger partial charge >= 0.3 is 0 Å². The van der Waals surface area contributed by atoms with Gasteiger partial charge in [-0.3, -0.25) is 0 Å². The van der Waals surface area contributed by atoms with Crippen molar-refractivity contribution in [2.24, 2.45) is 11.8 Å². The van der Waals surface area contributed by atoms with Crippen molar-refractivity contribution in [3.05, 3.63) is 47.5 Å². The van der Waals surface area contributed by atoms with Crippen molar-refractivity contribution in [3.8, 4) is 23.0 Å². The molecule has 4 aliphatic heterocycles. The number of aliphatic hydroxyl groups excluding tert-OH is 6. The molecule has 14 atom stereocenters. The van der Waals surface area contributed by atoms with Crippen LogP contribution in [0.15, 0.2) is 36.4 Å². The summed E-state index contributed by atoms with van der Waals surface area (Å²) in [5.74, 6) is 1.00. The van der Waals surface area contributed by atoms with Crippen LogP contribution in [0.1, 0.15) is 30.3 Å². The van der Waals surface area contributed by atoms with Gasteiger partial charge in [0, 0.05) is 11.8 Å². The zero-order valence-corrected chi connectivity index (χ0v) is 26.1. The molecule has 47 heavy (non-hydrogen) atoms. The molecular weight excluding hydrogens is 624 g/mol. The smallest absolute Gasteiger partial charge is 0.229 e. The number of ether oxygens (including phenoxy) is 8. The number of phenolic OH excluding ortho intramolecular Hbond substituents is 1. The van der Waals surface area contributed by atoms with Gasteiger partial charge < -0.3 is 73.6 Å². The Bertz CT molecular complexity index is 1380. The lowest BCUT2D eigenvalue weighted by Crippen LogP contribution is -2.61. The summed E-state index contributed by atoms with van der Waals surface area (Å²) in [6, 6.07) is 10.3. The van der Waals surface area contributed by atoms with Crippen LogP contribution in [0, 0.1) is 11.8 Å². The van der Waals surface area contributed by atoms with Gasteiger partial charge in [0.05, 0.1) is 52.4 Å². The van der Waals surface area contributed by atoms with Gasteiger partial charge in [0.2, 0.25) is 6.29 Å². The third-order valence-electron chi connectivity index (χ3n) is 9.46. The van der Waals surface area contributed by atoms with E-state index in [1.165, 1.54) is 21.1 Å². The number of fused-ring (bicyclic) bond motifs is 1. The Morgan fingerprint density at radius 1 is 0.660 bits per heavy atom. The summed E-state index contributed by atoms with van der Waals surface area (Å²) in [4.78, 5) is 0. The van der Waals surface area contributed by atoms with Crippen LogP contribution in [0.2, 0.25) is 0 Å². The van der Waals surface area contributed by atoms with Crippen molar-refractivity contribution in [2.45, 2.75) is 80.5 Å². The lowest BCUT2D eigenvalue weighted by Gasteiger charge is -2.42. The number of rotatable bonds is 9. The van der Waals surface area contributed by atoms with E-state index in [1.54, 1.807) is 30.3 Å². The number of aliphatic hydroxyl groups is 6. The highest BCUT2D eigenvalue weighted by Gasteiger charge is 2.49. The number of phenols is 1. The average Bonchev–Trinajstić information content (AvgIpc) is 3.69. The largest absolute Gasteiger partial charge is 0.504 e. The Morgan fingerprint density at radius 3 is 1.87 bits per heavy atom. The van der Waals surface area contributed by atoms with E-state index in [9.17, 15) is 35.7 Å². The molecule has 4 fully saturated rings. The Morgan fingerprint density at radius 2 is 1.23 bits per heavy atom. The van der Waals surface area contributed by atoms with Gasteiger partial charge in [-0.15, -0.1) is 0 Å². The predicted octanol–water partition coefficient (Wildman–Crippen LogP) is -0.485. The number of benzene rings is 2. The quantitative estimate of drug-likeness (QED) is 0.180. The highest BCUT2D eigenvalue weighted by Crippen LogP contribution is 2.51. The summed E-state index contributed by atoms with van der Waals surface area (Å²) in [6.07, 6.45) is -14.8. The van der Waals surface area contributed by atoms with Gasteiger partial charge in [0.25, 0.3) is 0 Å². The fourth-order valence-electron chi connectivity index (χ4n) is 6.68. The van der Waals surface area contributed by atoms with E-state index in [0.717, 1.165) is 11.1 Å². The molecule has 7 N–H and O–H groups in total. The molecule has 0 radical (unpaired) electrons. The second kappa shape index (κ2) is 14.0. The average molecular weight is 667 g/mol. The molecule has 0 amide bonds. The molecule has 4 heterocycles. The number of methoxy groups -OCH3 is 2. The Kier molecular flexibility index (Phi) is 10.1. The molecule has 0 spiro atoms. The lowest BCUT2D eigenvalue weighted by atomic mass is 9.85. The van der Waals surface area contributed by atoms with Gasteiger partial charge in [-0.2, -0.15) is 0 Å². The molecule has 2 aromatic rings. The fourth-order valence-corrected chi connectivity index (χ4v) is 6.68. The summed E-state index contributed by atoms with van der Waals surface area (Å²) < 4.78 is 45.9. The van der Waals surface area contributed by atoms with E-state index in [0.29, 0.717) is 24.7 Å². The van der Waals surface area contributed by atoms with Crippen molar-refractivity contribution < 1.29 is 73.6 Å². The van der Waals surface area contributed by atoms with Gasteiger partial charge in [-0.05, 0) is 42.3 Å². The van der Waals surface area contributed by atoms with E-state index < -0.39 is 68.0 Å². The molecular formula is C32H42O15. The lowest BCUT2D eigenvalue weighted by molar-refractivity contribution is -0.318. The van der Waals surface area contributed by atoms with Crippen LogP contribution in [0.5, 0.6) is 23.0 Å².